The molecule has 0 radical (unpaired) electrons. The number of morpholine rings is 1. The molecule has 21 heavy (non-hydrogen) atoms. The Morgan fingerprint density at radius 3 is 2.71 bits per heavy atom. The van der Waals surface area contributed by atoms with Gasteiger partial charge in [0.2, 0.25) is 10.0 Å². The van der Waals surface area contributed by atoms with Crippen LogP contribution in [0.25, 0.3) is 0 Å². The molecule has 1 fully saturated rings. The molecule has 0 aliphatic carbocycles. The van der Waals surface area contributed by atoms with Crippen molar-refractivity contribution in [2.45, 2.75) is 50.7 Å². The van der Waals surface area contributed by atoms with Crippen molar-refractivity contribution in [3.8, 4) is 0 Å². The molecule has 2 rings (SSSR count). The molecule has 0 amide bonds. The van der Waals surface area contributed by atoms with Crippen molar-refractivity contribution in [1.82, 2.24) is 8.87 Å². The highest BCUT2D eigenvalue weighted by Crippen LogP contribution is 2.25. The summed E-state index contributed by atoms with van der Waals surface area (Å²) in [6.07, 6.45) is 2.44. The fraction of sp³-hybridized carbons (Fsp3) is 0.714. The molecule has 1 atom stereocenters. The van der Waals surface area contributed by atoms with Gasteiger partial charge in [0.1, 0.15) is 4.90 Å². The van der Waals surface area contributed by atoms with Crippen molar-refractivity contribution >= 4 is 10.0 Å². The van der Waals surface area contributed by atoms with Gasteiger partial charge in [-0.2, -0.15) is 4.31 Å². The van der Waals surface area contributed by atoms with Gasteiger partial charge in [0.25, 0.3) is 0 Å². The lowest BCUT2D eigenvalue weighted by atomic mass is 10.2. The Balaban J connectivity index is 2.39. The fourth-order valence-electron chi connectivity index (χ4n) is 2.70. The number of ether oxygens (including phenoxy) is 1. The number of nitrogens with zero attached hydrogens (tertiary/aromatic N) is 2. The van der Waals surface area contributed by atoms with Crippen LogP contribution in [0.15, 0.2) is 17.2 Å². The Morgan fingerprint density at radius 2 is 2.19 bits per heavy atom. The maximum Gasteiger partial charge on any atom is 0.245 e. The fourth-order valence-corrected chi connectivity index (χ4v) is 4.41. The number of sulfonamides is 1. The smallest absolute Gasteiger partial charge is 0.245 e. The minimum absolute atomic E-state index is 0.0903. The molecule has 1 saturated heterocycles. The molecule has 0 bridgehead atoms. The average molecular weight is 315 g/mol. The van der Waals surface area contributed by atoms with Gasteiger partial charge in [0.15, 0.2) is 0 Å². The predicted molar refractivity (Wildman–Crippen MR) is 81.5 cm³/mol. The Kier molecular flexibility index (Phi) is 5.08. The summed E-state index contributed by atoms with van der Waals surface area (Å²) in [4.78, 5) is 0.331. The van der Waals surface area contributed by atoms with Gasteiger partial charge in [-0.3, -0.25) is 0 Å². The first-order valence-corrected chi connectivity index (χ1v) is 8.86. The van der Waals surface area contributed by atoms with Crippen LogP contribution in [0.1, 0.15) is 38.9 Å². The zero-order valence-electron chi connectivity index (χ0n) is 12.9. The molecule has 7 heteroatoms. The zero-order chi connectivity index (χ0) is 15.6. The van der Waals surface area contributed by atoms with Crippen LogP contribution in [-0.2, 0) is 21.3 Å². The van der Waals surface area contributed by atoms with E-state index in [1.54, 1.807) is 16.6 Å². The molecule has 120 valence electrons. The van der Waals surface area contributed by atoms with Gasteiger partial charge >= 0.3 is 0 Å². The molecular weight excluding hydrogens is 290 g/mol. The van der Waals surface area contributed by atoms with Crippen LogP contribution in [0.3, 0.4) is 0 Å². The van der Waals surface area contributed by atoms with Crippen LogP contribution < -0.4 is 5.73 Å². The molecule has 0 saturated carbocycles. The largest absolute Gasteiger partial charge is 0.378 e. The number of hydrogen-bond acceptors (Lipinski definition) is 4. The molecule has 2 heterocycles. The highest BCUT2D eigenvalue weighted by atomic mass is 32.2. The highest BCUT2D eigenvalue weighted by Gasteiger charge is 2.34. The minimum atomic E-state index is -3.49. The Labute approximate surface area is 126 Å². The lowest BCUT2D eigenvalue weighted by molar-refractivity contribution is 0.0314. The summed E-state index contributed by atoms with van der Waals surface area (Å²) in [5, 5.41) is 0. The van der Waals surface area contributed by atoms with Crippen molar-refractivity contribution in [3.63, 3.8) is 0 Å². The standard InChI is InChI=1S/C14H25N3O3S/c1-4-12-10-20-6-5-17(12)21(18,19)14-7-13(8-15)16(9-14)11(2)3/h7,9,11-12H,4-6,8,10,15H2,1-3H3. The molecular formula is C14H25N3O3S. The lowest BCUT2D eigenvalue weighted by Crippen LogP contribution is -2.48. The van der Waals surface area contributed by atoms with Gasteiger partial charge in [0, 0.05) is 37.1 Å². The zero-order valence-corrected chi connectivity index (χ0v) is 13.8. The first-order chi connectivity index (χ1) is 9.91. The van der Waals surface area contributed by atoms with Crippen LogP contribution in [0.4, 0.5) is 0 Å². The summed E-state index contributed by atoms with van der Waals surface area (Å²) in [7, 11) is -3.49. The van der Waals surface area contributed by atoms with E-state index in [2.05, 4.69) is 0 Å². The van der Waals surface area contributed by atoms with Gasteiger partial charge in [-0.1, -0.05) is 6.92 Å². The Morgan fingerprint density at radius 1 is 1.48 bits per heavy atom. The summed E-state index contributed by atoms with van der Waals surface area (Å²) in [5.41, 5.74) is 6.57. The van der Waals surface area contributed by atoms with E-state index in [0.717, 1.165) is 12.1 Å². The van der Waals surface area contributed by atoms with Crippen LogP contribution in [0.5, 0.6) is 0 Å². The summed E-state index contributed by atoms with van der Waals surface area (Å²) in [6.45, 7) is 7.65. The predicted octanol–water partition coefficient (Wildman–Crippen LogP) is 1.33. The van der Waals surface area contributed by atoms with E-state index < -0.39 is 10.0 Å². The molecule has 1 unspecified atom stereocenters. The van der Waals surface area contributed by atoms with Crippen LogP contribution in [-0.4, -0.2) is 43.1 Å². The van der Waals surface area contributed by atoms with E-state index in [-0.39, 0.29) is 12.1 Å². The Hall–Kier alpha value is -0.890. The molecule has 1 aromatic heterocycles. The van der Waals surface area contributed by atoms with Crippen LogP contribution >= 0.6 is 0 Å². The lowest BCUT2D eigenvalue weighted by Gasteiger charge is -2.33. The quantitative estimate of drug-likeness (QED) is 0.889. The summed E-state index contributed by atoms with van der Waals surface area (Å²) >= 11 is 0. The first-order valence-electron chi connectivity index (χ1n) is 7.42. The first kappa shape index (κ1) is 16.5. The van der Waals surface area contributed by atoms with Gasteiger partial charge in [-0.25, -0.2) is 8.42 Å². The van der Waals surface area contributed by atoms with Crippen molar-refractivity contribution in [2.75, 3.05) is 19.8 Å². The van der Waals surface area contributed by atoms with E-state index in [1.165, 1.54) is 0 Å². The molecule has 6 nitrogen and oxygen atoms in total. The topological polar surface area (TPSA) is 77.6 Å². The second-order valence-electron chi connectivity index (χ2n) is 5.63. The normalized spacial score (nSPS) is 21.1. The number of hydrogen-bond donors (Lipinski definition) is 1. The number of rotatable bonds is 5. The summed E-state index contributed by atoms with van der Waals surface area (Å²) < 4.78 is 34.6. The summed E-state index contributed by atoms with van der Waals surface area (Å²) in [6, 6.07) is 1.78. The molecule has 1 aliphatic rings. The molecule has 0 spiro atoms. The minimum Gasteiger partial charge on any atom is -0.378 e. The van der Waals surface area contributed by atoms with E-state index in [0.29, 0.717) is 31.2 Å². The highest BCUT2D eigenvalue weighted by molar-refractivity contribution is 7.89. The second-order valence-corrected chi connectivity index (χ2v) is 7.52. The Bertz CT molecular complexity index is 580. The van der Waals surface area contributed by atoms with Gasteiger partial charge in [0.05, 0.1) is 13.2 Å². The monoisotopic (exact) mass is 315 g/mol. The molecule has 0 aromatic carbocycles. The van der Waals surface area contributed by atoms with E-state index in [9.17, 15) is 8.42 Å². The van der Waals surface area contributed by atoms with Crippen molar-refractivity contribution in [1.29, 1.82) is 0 Å². The maximum absolute atomic E-state index is 12.9. The molecule has 1 aliphatic heterocycles. The van der Waals surface area contributed by atoms with Gasteiger partial charge in [-0.15, -0.1) is 0 Å². The van der Waals surface area contributed by atoms with Crippen LogP contribution in [0.2, 0.25) is 0 Å². The van der Waals surface area contributed by atoms with E-state index in [4.69, 9.17) is 10.5 Å². The molecule has 2 N–H and O–H groups in total. The van der Waals surface area contributed by atoms with E-state index in [1.807, 2.05) is 25.3 Å². The third kappa shape index (κ3) is 3.15. The van der Waals surface area contributed by atoms with E-state index >= 15 is 0 Å². The third-order valence-corrected chi connectivity index (χ3v) is 5.84. The average Bonchev–Trinajstić information content (AvgIpc) is 2.92. The third-order valence-electron chi connectivity index (χ3n) is 3.92. The maximum atomic E-state index is 12.9. The van der Waals surface area contributed by atoms with Crippen molar-refractivity contribution in [2.24, 2.45) is 5.73 Å². The summed E-state index contributed by atoms with van der Waals surface area (Å²) in [5.74, 6) is 0. The SMILES string of the molecule is CCC1COCCN1S(=O)(=O)c1cc(CN)n(C(C)C)c1. The molecule has 1 aromatic rings. The second kappa shape index (κ2) is 6.48. The van der Waals surface area contributed by atoms with Gasteiger partial charge in [-0.05, 0) is 26.3 Å². The van der Waals surface area contributed by atoms with Crippen LogP contribution in [0, 0.1) is 0 Å². The van der Waals surface area contributed by atoms with Gasteiger partial charge < -0.3 is 15.0 Å². The number of nitrogens with two attached hydrogens (primary N) is 1. The van der Waals surface area contributed by atoms with Crippen molar-refractivity contribution < 1.29 is 13.2 Å². The van der Waals surface area contributed by atoms with Crippen molar-refractivity contribution in [3.05, 3.63) is 18.0 Å². The number of aromatic nitrogens is 1.